The predicted octanol–water partition coefficient (Wildman–Crippen LogP) is 5.41. The minimum absolute atomic E-state index is 0.0118. The van der Waals surface area contributed by atoms with Gasteiger partial charge in [0.2, 0.25) is 0 Å². The van der Waals surface area contributed by atoms with Crippen molar-refractivity contribution in [3.05, 3.63) is 90.7 Å². The van der Waals surface area contributed by atoms with E-state index < -0.39 is 11.7 Å². The summed E-state index contributed by atoms with van der Waals surface area (Å²) in [5.74, 6) is -0.463. The van der Waals surface area contributed by atoms with E-state index in [1.54, 1.807) is 18.2 Å². The maximum atomic E-state index is 14.1. The van der Waals surface area contributed by atoms with Gasteiger partial charge in [-0.25, -0.2) is 9.37 Å². The van der Waals surface area contributed by atoms with Crippen molar-refractivity contribution in [3.8, 4) is 28.2 Å². The summed E-state index contributed by atoms with van der Waals surface area (Å²) < 4.78 is 24.8. The number of methoxy groups -OCH3 is 1. The molecule has 0 saturated carbocycles. The van der Waals surface area contributed by atoms with E-state index in [0.717, 1.165) is 17.5 Å². The third-order valence-electron chi connectivity index (χ3n) is 4.46. The lowest BCUT2D eigenvalue weighted by atomic mass is 10.0. The summed E-state index contributed by atoms with van der Waals surface area (Å²) in [4.78, 5) is 16.9. The maximum Gasteiger partial charge on any atom is 0.278 e. The Hall–Kier alpha value is -3.93. The number of carbonyl (C=O) groups is 1. The Labute approximate surface area is 166 Å². The van der Waals surface area contributed by atoms with Gasteiger partial charge in [-0.1, -0.05) is 48.5 Å². The zero-order chi connectivity index (χ0) is 20.2. The number of oxazole rings is 1. The second-order valence-electron chi connectivity index (χ2n) is 6.25. The first kappa shape index (κ1) is 18.4. The number of benzene rings is 3. The number of carbonyl (C=O) groups excluding carboxylic acids is 1. The van der Waals surface area contributed by atoms with Crippen LogP contribution >= 0.6 is 0 Å². The molecule has 1 amide bonds. The average molecular weight is 388 g/mol. The molecule has 0 fully saturated rings. The third-order valence-corrected chi connectivity index (χ3v) is 4.46. The molecule has 0 aliphatic heterocycles. The molecular weight excluding hydrogens is 371 g/mol. The fourth-order valence-corrected chi connectivity index (χ4v) is 3.04. The lowest BCUT2D eigenvalue weighted by Gasteiger charge is -2.12. The van der Waals surface area contributed by atoms with Crippen LogP contribution in [0.2, 0.25) is 0 Å². The van der Waals surface area contributed by atoms with Crippen LogP contribution < -0.4 is 10.1 Å². The number of rotatable bonds is 5. The van der Waals surface area contributed by atoms with E-state index in [1.165, 1.54) is 19.2 Å². The summed E-state index contributed by atoms with van der Waals surface area (Å²) in [5.41, 5.74) is 2.54. The average Bonchev–Trinajstić information content (AvgIpc) is 3.24. The molecule has 4 aromatic rings. The number of nitrogens with zero attached hydrogens (tertiary/aromatic N) is 1. The normalized spacial score (nSPS) is 10.6. The number of amides is 1. The fourth-order valence-electron chi connectivity index (χ4n) is 3.04. The predicted molar refractivity (Wildman–Crippen MR) is 108 cm³/mol. The monoisotopic (exact) mass is 388 g/mol. The molecule has 0 atom stereocenters. The molecule has 6 heteroatoms. The smallest absolute Gasteiger partial charge is 0.278 e. The van der Waals surface area contributed by atoms with Gasteiger partial charge < -0.3 is 14.5 Å². The number of ether oxygens (including phenoxy) is 1. The van der Waals surface area contributed by atoms with Crippen LogP contribution in [-0.4, -0.2) is 18.0 Å². The second kappa shape index (κ2) is 7.98. The van der Waals surface area contributed by atoms with E-state index in [9.17, 15) is 9.18 Å². The van der Waals surface area contributed by atoms with Crippen LogP contribution in [0, 0.1) is 5.82 Å². The van der Waals surface area contributed by atoms with Crippen molar-refractivity contribution in [2.45, 2.75) is 0 Å². The van der Waals surface area contributed by atoms with Gasteiger partial charge in [-0.2, -0.15) is 0 Å². The van der Waals surface area contributed by atoms with Crippen molar-refractivity contribution in [2.24, 2.45) is 0 Å². The summed E-state index contributed by atoms with van der Waals surface area (Å²) in [5, 5.41) is 2.79. The highest BCUT2D eigenvalue weighted by Crippen LogP contribution is 2.32. The Morgan fingerprint density at radius 3 is 2.52 bits per heavy atom. The number of hydrogen-bond acceptors (Lipinski definition) is 4. The molecule has 1 heterocycles. The quantitative estimate of drug-likeness (QED) is 0.497. The van der Waals surface area contributed by atoms with Crippen LogP contribution in [0.15, 0.2) is 83.6 Å². The van der Waals surface area contributed by atoms with Crippen molar-refractivity contribution in [3.63, 3.8) is 0 Å². The van der Waals surface area contributed by atoms with Crippen molar-refractivity contribution < 1.29 is 18.3 Å². The van der Waals surface area contributed by atoms with Gasteiger partial charge >= 0.3 is 0 Å². The molecule has 0 bridgehead atoms. The van der Waals surface area contributed by atoms with Crippen LogP contribution in [-0.2, 0) is 0 Å². The minimum atomic E-state index is -0.527. The highest BCUT2D eigenvalue weighted by Gasteiger charge is 2.21. The molecule has 5 nitrogen and oxygen atoms in total. The molecule has 0 aliphatic carbocycles. The Morgan fingerprint density at radius 2 is 1.76 bits per heavy atom. The van der Waals surface area contributed by atoms with Gasteiger partial charge in [-0.15, -0.1) is 0 Å². The molecule has 144 valence electrons. The van der Waals surface area contributed by atoms with Gasteiger partial charge in [0, 0.05) is 0 Å². The van der Waals surface area contributed by atoms with Crippen molar-refractivity contribution in [1.82, 2.24) is 4.98 Å². The van der Waals surface area contributed by atoms with E-state index in [1.807, 2.05) is 42.5 Å². The van der Waals surface area contributed by atoms with Crippen molar-refractivity contribution in [2.75, 3.05) is 12.4 Å². The van der Waals surface area contributed by atoms with Crippen LogP contribution in [0.5, 0.6) is 5.75 Å². The first-order valence-corrected chi connectivity index (χ1v) is 8.90. The Morgan fingerprint density at radius 1 is 1.00 bits per heavy atom. The topological polar surface area (TPSA) is 64.4 Å². The molecule has 0 spiro atoms. The number of anilines is 1. The van der Waals surface area contributed by atoms with E-state index >= 15 is 0 Å². The van der Waals surface area contributed by atoms with Gasteiger partial charge in [0.25, 0.3) is 5.91 Å². The molecule has 1 N–H and O–H groups in total. The first-order valence-electron chi connectivity index (χ1n) is 8.90. The molecule has 0 unspecified atom stereocenters. The number of nitrogens with one attached hydrogen (secondary N) is 1. The number of halogens is 1. The molecule has 1 aromatic heterocycles. The van der Waals surface area contributed by atoms with E-state index in [4.69, 9.17) is 9.15 Å². The van der Waals surface area contributed by atoms with E-state index in [0.29, 0.717) is 11.4 Å². The maximum absolute atomic E-state index is 14.1. The van der Waals surface area contributed by atoms with Gasteiger partial charge in [-0.05, 0) is 35.4 Å². The van der Waals surface area contributed by atoms with Gasteiger partial charge in [-0.3, -0.25) is 4.79 Å². The Balaban J connectivity index is 1.68. The molecule has 4 rings (SSSR count). The third kappa shape index (κ3) is 3.73. The summed E-state index contributed by atoms with van der Waals surface area (Å²) in [6.45, 7) is 0. The molecule has 0 saturated heterocycles. The van der Waals surface area contributed by atoms with Crippen LogP contribution in [0.3, 0.4) is 0 Å². The molecule has 0 aliphatic rings. The summed E-state index contributed by atoms with van der Waals surface area (Å²) in [7, 11) is 1.52. The number of aromatic nitrogens is 1. The molecule has 3 aromatic carbocycles. The van der Waals surface area contributed by atoms with Crippen LogP contribution in [0.25, 0.3) is 22.5 Å². The number of hydrogen-bond donors (Lipinski definition) is 1. The lowest BCUT2D eigenvalue weighted by molar-refractivity contribution is 0.102. The van der Waals surface area contributed by atoms with Gasteiger partial charge in [0.15, 0.2) is 17.8 Å². The van der Waals surface area contributed by atoms with Crippen LogP contribution in [0.1, 0.15) is 10.5 Å². The highest BCUT2D eigenvalue weighted by molar-refractivity contribution is 6.07. The highest BCUT2D eigenvalue weighted by atomic mass is 19.1. The Kier molecular flexibility index (Phi) is 5.07. The van der Waals surface area contributed by atoms with E-state index in [2.05, 4.69) is 10.3 Å². The first-order chi connectivity index (χ1) is 14.2. The summed E-state index contributed by atoms with van der Waals surface area (Å²) >= 11 is 0. The standard InChI is InChI=1S/C23H17FN2O3/c1-28-20-12-11-16(15-7-3-2-4-8-15)13-19(20)26-23(27)21-22(29-14-25-21)17-9-5-6-10-18(17)24/h2-14H,1H3,(H,26,27). The zero-order valence-corrected chi connectivity index (χ0v) is 15.6. The molecular formula is C23H17FN2O3. The van der Waals surface area contributed by atoms with E-state index in [-0.39, 0.29) is 17.0 Å². The van der Waals surface area contributed by atoms with Gasteiger partial charge in [0.05, 0.1) is 18.4 Å². The van der Waals surface area contributed by atoms with Crippen LogP contribution in [0.4, 0.5) is 10.1 Å². The fraction of sp³-hybridized carbons (Fsp3) is 0.0435. The lowest BCUT2D eigenvalue weighted by Crippen LogP contribution is -2.14. The minimum Gasteiger partial charge on any atom is -0.495 e. The largest absolute Gasteiger partial charge is 0.495 e. The van der Waals surface area contributed by atoms with Crippen molar-refractivity contribution >= 4 is 11.6 Å². The second-order valence-corrected chi connectivity index (χ2v) is 6.25. The van der Waals surface area contributed by atoms with Crippen molar-refractivity contribution in [1.29, 1.82) is 0 Å². The SMILES string of the molecule is COc1ccc(-c2ccccc2)cc1NC(=O)c1ncoc1-c1ccccc1F. The van der Waals surface area contributed by atoms with Gasteiger partial charge in [0.1, 0.15) is 11.6 Å². The molecule has 29 heavy (non-hydrogen) atoms. The summed E-state index contributed by atoms with van der Waals surface area (Å²) in [6.07, 6.45) is 1.12. The zero-order valence-electron chi connectivity index (χ0n) is 15.6. The summed E-state index contributed by atoms with van der Waals surface area (Å²) in [6, 6.07) is 21.3. The Bertz CT molecular complexity index is 1160. The molecule has 0 radical (unpaired) electrons.